The van der Waals surface area contributed by atoms with Crippen LogP contribution in [0.25, 0.3) is 0 Å². The van der Waals surface area contributed by atoms with Gasteiger partial charge in [-0.1, -0.05) is 6.07 Å². The molecule has 0 bridgehead atoms. The lowest BCUT2D eigenvalue weighted by Crippen LogP contribution is -2.03. The second kappa shape index (κ2) is 6.57. The topological polar surface area (TPSA) is 97.0 Å². The molecule has 2 aromatic carbocycles. The van der Waals surface area contributed by atoms with Crippen LogP contribution in [0.3, 0.4) is 0 Å². The number of nitro benzene ring substituents is 1. The molecule has 0 spiro atoms. The van der Waals surface area contributed by atoms with E-state index in [1.165, 1.54) is 26.5 Å². The number of hydrogen-bond donors (Lipinski definition) is 0. The minimum absolute atomic E-state index is 0.0777. The highest BCUT2D eigenvalue weighted by atomic mass is 16.6. The van der Waals surface area contributed by atoms with Gasteiger partial charge < -0.3 is 14.6 Å². The van der Waals surface area contributed by atoms with Crippen molar-refractivity contribution < 1.29 is 19.5 Å². The van der Waals surface area contributed by atoms with Gasteiger partial charge in [-0.15, -0.1) is 0 Å². The molecule has 114 valence electrons. The minimum Gasteiger partial charge on any atom is -0.867 e. The maximum Gasteiger partial charge on any atom is 0.266 e. The molecule has 0 N–H and O–H groups in total. The number of hydrogen-bond acceptors (Lipinski definition) is 6. The number of ether oxygens (including phenoxy) is 2. The first-order chi connectivity index (χ1) is 10.5. The Morgan fingerprint density at radius 2 is 1.86 bits per heavy atom. The van der Waals surface area contributed by atoms with Crippen molar-refractivity contribution in [1.82, 2.24) is 0 Å². The van der Waals surface area contributed by atoms with Gasteiger partial charge in [-0.05, 0) is 29.5 Å². The van der Waals surface area contributed by atoms with Gasteiger partial charge in [0.25, 0.3) is 5.69 Å². The van der Waals surface area contributed by atoms with Crippen LogP contribution in [0.2, 0.25) is 0 Å². The second-order valence-corrected chi connectivity index (χ2v) is 4.28. The van der Waals surface area contributed by atoms with Gasteiger partial charge in [0, 0.05) is 12.3 Å². The normalized spacial score (nSPS) is 10.6. The molecule has 22 heavy (non-hydrogen) atoms. The summed E-state index contributed by atoms with van der Waals surface area (Å²) in [7, 11) is 2.90. The van der Waals surface area contributed by atoms with Crippen LogP contribution in [0.1, 0.15) is 5.56 Å². The summed E-state index contributed by atoms with van der Waals surface area (Å²) in [5.74, 6) is 0.129. The molecular formula is C15H13N2O5-. The number of nitro groups is 1. The fourth-order valence-electron chi connectivity index (χ4n) is 1.79. The lowest BCUT2D eigenvalue weighted by molar-refractivity contribution is -0.398. The van der Waals surface area contributed by atoms with Gasteiger partial charge in [0.05, 0.1) is 30.9 Å². The molecule has 2 aromatic rings. The predicted octanol–water partition coefficient (Wildman–Crippen LogP) is 2.44. The Labute approximate surface area is 126 Å². The van der Waals surface area contributed by atoms with E-state index >= 15 is 0 Å². The van der Waals surface area contributed by atoms with Crippen molar-refractivity contribution in [2.45, 2.75) is 0 Å². The fraction of sp³-hybridized carbons (Fsp3) is 0.133. The highest BCUT2D eigenvalue weighted by Crippen LogP contribution is 2.31. The van der Waals surface area contributed by atoms with Crippen LogP contribution in [0, 0.1) is 10.1 Å². The van der Waals surface area contributed by atoms with Crippen molar-refractivity contribution in [3.8, 4) is 17.2 Å². The first-order valence-corrected chi connectivity index (χ1v) is 6.26. The smallest absolute Gasteiger partial charge is 0.266 e. The summed E-state index contributed by atoms with van der Waals surface area (Å²) in [4.78, 5) is 14.3. The average molecular weight is 301 g/mol. The maximum atomic E-state index is 12.0. The maximum absolute atomic E-state index is 12.0. The van der Waals surface area contributed by atoms with Crippen molar-refractivity contribution in [3.05, 3.63) is 52.1 Å². The average Bonchev–Trinajstić information content (AvgIpc) is 2.53. The van der Waals surface area contributed by atoms with Gasteiger partial charge in [-0.2, -0.15) is 0 Å². The molecule has 2 rings (SSSR count). The highest BCUT2D eigenvalue weighted by Gasteiger charge is 2.12. The van der Waals surface area contributed by atoms with Gasteiger partial charge in [0.15, 0.2) is 0 Å². The SMILES string of the molecule is COc1cccc(N=Cc2cc(OC)cc([N+](=O)[O-])c2[O-])c1. The second-order valence-electron chi connectivity index (χ2n) is 4.28. The molecule has 0 heterocycles. The molecule has 0 saturated carbocycles. The summed E-state index contributed by atoms with van der Waals surface area (Å²) in [6, 6.07) is 9.39. The van der Waals surface area contributed by atoms with E-state index in [0.29, 0.717) is 11.4 Å². The summed E-state index contributed by atoms with van der Waals surface area (Å²) in [6.07, 6.45) is 1.27. The lowest BCUT2D eigenvalue weighted by atomic mass is 10.1. The van der Waals surface area contributed by atoms with Crippen LogP contribution >= 0.6 is 0 Å². The Morgan fingerprint density at radius 1 is 1.14 bits per heavy atom. The Bertz CT molecular complexity index is 728. The molecule has 0 fully saturated rings. The zero-order valence-corrected chi connectivity index (χ0v) is 12.0. The van der Waals surface area contributed by atoms with Gasteiger partial charge >= 0.3 is 0 Å². The Balaban J connectivity index is 2.41. The molecule has 0 aliphatic heterocycles. The van der Waals surface area contributed by atoms with Crippen LogP contribution in [-0.4, -0.2) is 25.4 Å². The first kappa shape index (κ1) is 15.3. The molecule has 0 atom stereocenters. The molecule has 7 heteroatoms. The molecular weight excluding hydrogens is 288 g/mol. The number of benzene rings is 2. The van der Waals surface area contributed by atoms with Crippen molar-refractivity contribution in [3.63, 3.8) is 0 Å². The van der Waals surface area contributed by atoms with E-state index in [-0.39, 0.29) is 11.3 Å². The van der Waals surface area contributed by atoms with Crippen LogP contribution < -0.4 is 14.6 Å². The molecule has 0 unspecified atom stereocenters. The van der Waals surface area contributed by atoms with Crippen LogP contribution in [0.15, 0.2) is 41.4 Å². The monoisotopic (exact) mass is 301 g/mol. The van der Waals surface area contributed by atoms with E-state index in [4.69, 9.17) is 9.47 Å². The first-order valence-electron chi connectivity index (χ1n) is 6.26. The van der Waals surface area contributed by atoms with E-state index in [9.17, 15) is 15.2 Å². The van der Waals surface area contributed by atoms with Gasteiger partial charge in [0.2, 0.25) is 0 Å². The third-order valence-electron chi connectivity index (χ3n) is 2.91. The zero-order valence-electron chi connectivity index (χ0n) is 12.0. The van der Waals surface area contributed by atoms with Crippen molar-refractivity contribution >= 4 is 17.6 Å². The minimum atomic E-state index is -0.742. The summed E-state index contributed by atoms with van der Waals surface area (Å²) < 4.78 is 10.0. The van der Waals surface area contributed by atoms with Crippen LogP contribution in [0.4, 0.5) is 11.4 Å². The Hall–Kier alpha value is -3.09. The number of methoxy groups -OCH3 is 2. The molecule has 0 saturated heterocycles. The zero-order chi connectivity index (χ0) is 16.1. The van der Waals surface area contributed by atoms with E-state index in [1.54, 1.807) is 24.3 Å². The summed E-state index contributed by atoms with van der Waals surface area (Å²) in [5, 5.41) is 22.9. The summed E-state index contributed by atoms with van der Waals surface area (Å²) >= 11 is 0. The van der Waals surface area contributed by atoms with Gasteiger partial charge in [0.1, 0.15) is 11.5 Å². The quantitative estimate of drug-likeness (QED) is 0.480. The third kappa shape index (κ3) is 3.32. The highest BCUT2D eigenvalue weighted by molar-refractivity contribution is 5.88. The van der Waals surface area contributed by atoms with Crippen molar-refractivity contribution in [2.75, 3.05) is 14.2 Å². The van der Waals surface area contributed by atoms with Crippen LogP contribution in [0.5, 0.6) is 17.2 Å². The van der Waals surface area contributed by atoms with Crippen LogP contribution in [-0.2, 0) is 0 Å². The number of nitrogens with zero attached hydrogens (tertiary/aromatic N) is 2. The van der Waals surface area contributed by atoms with Gasteiger partial charge in [-0.25, -0.2) is 0 Å². The summed E-state index contributed by atoms with van der Waals surface area (Å²) in [5.41, 5.74) is 0.0875. The lowest BCUT2D eigenvalue weighted by Gasteiger charge is -2.12. The Kier molecular flexibility index (Phi) is 4.57. The van der Waals surface area contributed by atoms with E-state index in [1.807, 2.05) is 0 Å². The van der Waals surface area contributed by atoms with E-state index < -0.39 is 16.4 Å². The molecule has 0 aliphatic rings. The number of aliphatic imine (C=N–C) groups is 1. The predicted molar refractivity (Wildman–Crippen MR) is 79.3 cm³/mol. The van der Waals surface area contributed by atoms with E-state index in [0.717, 1.165) is 6.07 Å². The third-order valence-corrected chi connectivity index (χ3v) is 2.91. The van der Waals surface area contributed by atoms with Gasteiger partial charge in [-0.3, -0.25) is 15.1 Å². The molecule has 0 amide bonds. The van der Waals surface area contributed by atoms with Crippen molar-refractivity contribution in [2.24, 2.45) is 4.99 Å². The largest absolute Gasteiger partial charge is 0.867 e. The Morgan fingerprint density at radius 3 is 2.50 bits per heavy atom. The molecule has 0 aromatic heterocycles. The van der Waals surface area contributed by atoms with E-state index in [2.05, 4.69) is 4.99 Å². The molecule has 0 radical (unpaired) electrons. The standard InChI is InChI=1S/C15H14N2O5/c1-21-12-5-3-4-11(7-12)16-9-10-6-13(22-2)8-14(15(10)18)17(19)20/h3-9,18H,1-2H3/p-1. The number of rotatable bonds is 5. The fourth-order valence-corrected chi connectivity index (χ4v) is 1.79. The van der Waals surface area contributed by atoms with Crippen molar-refractivity contribution in [1.29, 1.82) is 0 Å². The molecule has 0 aliphatic carbocycles. The molecule has 7 nitrogen and oxygen atoms in total. The summed E-state index contributed by atoms with van der Waals surface area (Å²) in [6.45, 7) is 0.